The predicted octanol–water partition coefficient (Wildman–Crippen LogP) is 1.05. The van der Waals surface area contributed by atoms with Gasteiger partial charge >= 0.3 is 0 Å². The van der Waals surface area contributed by atoms with Gasteiger partial charge in [-0.05, 0) is 49.9 Å². The number of likely N-dealkylation sites (tertiary alicyclic amines) is 1. The summed E-state index contributed by atoms with van der Waals surface area (Å²) in [5.74, 6) is 0.778. The zero-order chi connectivity index (χ0) is 16.9. The summed E-state index contributed by atoms with van der Waals surface area (Å²) in [5.41, 5.74) is 0.982. The summed E-state index contributed by atoms with van der Waals surface area (Å²) in [6, 6.07) is 7.17. The van der Waals surface area contributed by atoms with Crippen molar-refractivity contribution in [2.75, 3.05) is 20.2 Å². The molecule has 130 valence electrons. The lowest BCUT2D eigenvalue weighted by Crippen LogP contribution is -2.50. The zero-order valence-electron chi connectivity index (χ0n) is 14.1. The van der Waals surface area contributed by atoms with Crippen molar-refractivity contribution < 1.29 is 14.3 Å². The molecule has 3 rings (SSSR count). The Morgan fingerprint density at radius 1 is 1.33 bits per heavy atom. The van der Waals surface area contributed by atoms with Gasteiger partial charge in [-0.25, -0.2) is 0 Å². The van der Waals surface area contributed by atoms with Gasteiger partial charge in [0.25, 0.3) is 0 Å². The molecule has 24 heavy (non-hydrogen) atoms. The lowest BCUT2D eigenvalue weighted by atomic mass is 10.1. The van der Waals surface area contributed by atoms with Gasteiger partial charge in [-0.2, -0.15) is 0 Å². The van der Waals surface area contributed by atoms with Crippen LogP contribution in [0.25, 0.3) is 0 Å². The summed E-state index contributed by atoms with van der Waals surface area (Å²) in [4.78, 5) is 26.9. The Labute approximate surface area is 142 Å². The Kier molecular flexibility index (Phi) is 5.35. The minimum Gasteiger partial charge on any atom is -0.497 e. The standard InChI is InChI=1S/C18H25N3O3/c1-24-14-6-2-5-13(11-14)12-20-17(22)16-8-4-10-21(16)18(23)15-7-3-9-19-15/h2,5-6,11,15-16,19H,3-4,7-10,12H2,1H3,(H,20,22)/t15-,16-/m0/s1. The largest absolute Gasteiger partial charge is 0.497 e. The molecule has 2 N–H and O–H groups in total. The molecule has 1 aromatic rings. The van der Waals surface area contributed by atoms with E-state index in [9.17, 15) is 9.59 Å². The second kappa shape index (κ2) is 7.66. The highest BCUT2D eigenvalue weighted by Gasteiger charge is 2.37. The first kappa shape index (κ1) is 16.8. The number of methoxy groups -OCH3 is 1. The summed E-state index contributed by atoms with van der Waals surface area (Å²) in [7, 11) is 1.62. The molecule has 2 amide bonds. The van der Waals surface area contributed by atoms with Crippen molar-refractivity contribution in [3.05, 3.63) is 29.8 Å². The van der Waals surface area contributed by atoms with Gasteiger partial charge in [0.05, 0.1) is 13.2 Å². The molecular weight excluding hydrogens is 306 g/mol. The molecule has 0 unspecified atom stereocenters. The van der Waals surface area contributed by atoms with Crippen LogP contribution in [0.1, 0.15) is 31.2 Å². The van der Waals surface area contributed by atoms with Crippen molar-refractivity contribution in [1.29, 1.82) is 0 Å². The maximum absolute atomic E-state index is 12.6. The van der Waals surface area contributed by atoms with Crippen molar-refractivity contribution >= 4 is 11.8 Å². The maximum atomic E-state index is 12.6. The SMILES string of the molecule is COc1cccc(CNC(=O)[C@@H]2CCCN2C(=O)[C@@H]2CCCN2)c1. The summed E-state index contributed by atoms with van der Waals surface area (Å²) in [5, 5.41) is 6.19. The Bertz CT molecular complexity index is 599. The molecule has 0 saturated carbocycles. The quantitative estimate of drug-likeness (QED) is 0.846. The molecule has 0 aromatic heterocycles. The summed E-state index contributed by atoms with van der Waals surface area (Å²) < 4.78 is 5.19. The monoisotopic (exact) mass is 331 g/mol. The number of carbonyl (C=O) groups is 2. The van der Waals surface area contributed by atoms with Crippen LogP contribution < -0.4 is 15.4 Å². The number of hydrogen-bond acceptors (Lipinski definition) is 4. The van der Waals surface area contributed by atoms with Crippen LogP contribution in [0.4, 0.5) is 0 Å². The number of nitrogens with zero attached hydrogens (tertiary/aromatic N) is 1. The van der Waals surface area contributed by atoms with Crippen LogP contribution in [-0.2, 0) is 16.1 Å². The van der Waals surface area contributed by atoms with Crippen LogP contribution in [0.15, 0.2) is 24.3 Å². The van der Waals surface area contributed by atoms with Gasteiger partial charge in [0, 0.05) is 13.1 Å². The average Bonchev–Trinajstić information content (AvgIpc) is 3.30. The Hall–Kier alpha value is -2.08. The molecular formula is C18H25N3O3. The molecule has 2 atom stereocenters. The van der Waals surface area contributed by atoms with Crippen molar-refractivity contribution in [1.82, 2.24) is 15.5 Å². The average molecular weight is 331 g/mol. The molecule has 0 bridgehead atoms. The lowest BCUT2D eigenvalue weighted by molar-refractivity contribution is -0.139. The van der Waals surface area contributed by atoms with Crippen molar-refractivity contribution in [3.63, 3.8) is 0 Å². The molecule has 0 radical (unpaired) electrons. The van der Waals surface area contributed by atoms with Crippen molar-refractivity contribution in [3.8, 4) is 5.75 Å². The van der Waals surface area contributed by atoms with Crippen LogP contribution in [-0.4, -0.2) is 49.0 Å². The summed E-state index contributed by atoms with van der Waals surface area (Å²) >= 11 is 0. The second-order valence-corrected chi connectivity index (χ2v) is 6.41. The van der Waals surface area contributed by atoms with E-state index in [2.05, 4.69) is 10.6 Å². The Balaban J connectivity index is 1.57. The predicted molar refractivity (Wildman–Crippen MR) is 90.6 cm³/mol. The molecule has 6 heteroatoms. The third-order valence-corrected chi connectivity index (χ3v) is 4.80. The van der Waals surface area contributed by atoms with Gasteiger partial charge in [0.15, 0.2) is 0 Å². The number of carbonyl (C=O) groups excluding carboxylic acids is 2. The van der Waals surface area contributed by atoms with Gasteiger partial charge in [0.1, 0.15) is 11.8 Å². The van der Waals surface area contributed by atoms with Crippen LogP contribution in [0.5, 0.6) is 5.75 Å². The van der Waals surface area contributed by atoms with Gasteiger partial charge in [-0.3, -0.25) is 9.59 Å². The van der Waals surface area contributed by atoms with Crippen LogP contribution in [0, 0.1) is 0 Å². The van der Waals surface area contributed by atoms with E-state index < -0.39 is 0 Å². The van der Waals surface area contributed by atoms with Gasteiger partial charge in [0.2, 0.25) is 11.8 Å². The minimum absolute atomic E-state index is 0.0679. The van der Waals surface area contributed by atoms with Gasteiger partial charge in [-0.1, -0.05) is 12.1 Å². The van der Waals surface area contributed by atoms with E-state index >= 15 is 0 Å². The van der Waals surface area contributed by atoms with Crippen LogP contribution in [0.3, 0.4) is 0 Å². The molecule has 2 aliphatic heterocycles. The molecule has 0 aliphatic carbocycles. The second-order valence-electron chi connectivity index (χ2n) is 6.41. The smallest absolute Gasteiger partial charge is 0.243 e. The fourth-order valence-electron chi connectivity index (χ4n) is 3.49. The van der Waals surface area contributed by atoms with Gasteiger partial charge < -0.3 is 20.3 Å². The first-order valence-corrected chi connectivity index (χ1v) is 8.63. The molecule has 2 fully saturated rings. The number of amides is 2. The normalized spacial score (nSPS) is 23.3. The van der Waals surface area contributed by atoms with E-state index in [1.807, 2.05) is 24.3 Å². The highest BCUT2D eigenvalue weighted by Crippen LogP contribution is 2.21. The van der Waals surface area contributed by atoms with Gasteiger partial charge in [-0.15, -0.1) is 0 Å². The molecule has 2 saturated heterocycles. The Morgan fingerprint density at radius 3 is 2.96 bits per heavy atom. The van der Waals surface area contributed by atoms with E-state index in [0.29, 0.717) is 13.1 Å². The van der Waals surface area contributed by atoms with E-state index in [4.69, 9.17) is 4.74 Å². The molecule has 0 spiro atoms. The first-order valence-electron chi connectivity index (χ1n) is 8.63. The third kappa shape index (κ3) is 3.70. The van der Waals surface area contributed by atoms with E-state index in [-0.39, 0.29) is 23.9 Å². The third-order valence-electron chi connectivity index (χ3n) is 4.80. The minimum atomic E-state index is -0.342. The highest BCUT2D eigenvalue weighted by atomic mass is 16.5. The number of ether oxygens (including phenoxy) is 1. The fraction of sp³-hybridized carbons (Fsp3) is 0.556. The van der Waals surface area contributed by atoms with Crippen molar-refractivity contribution in [2.24, 2.45) is 0 Å². The number of hydrogen-bond donors (Lipinski definition) is 2. The van der Waals surface area contributed by atoms with Crippen molar-refractivity contribution in [2.45, 2.75) is 44.3 Å². The van der Waals surface area contributed by atoms with E-state index in [1.54, 1.807) is 12.0 Å². The lowest BCUT2D eigenvalue weighted by Gasteiger charge is -2.26. The highest BCUT2D eigenvalue weighted by molar-refractivity contribution is 5.90. The maximum Gasteiger partial charge on any atom is 0.243 e. The van der Waals surface area contributed by atoms with E-state index in [1.165, 1.54) is 0 Å². The van der Waals surface area contributed by atoms with E-state index in [0.717, 1.165) is 43.5 Å². The van der Waals surface area contributed by atoms with Crippen LogP contribution in [0.2, 0.25) is 0 Å². The molecule has 2 heterocycles. The van der Waals surface area contributed by atoms with Crippen LogP contribution >= 0.6 is 0 Å². The number of nitrogens with one attached hydrogen (secondary N) is 2. The summed E-state index contributed by atoms with van der Waals surface area (Å²) in [6.45, 7) is 2.00. The Morgan fingerprint density at radius 2 is 2.21 bits per heavy atom. The first-order chi connectivity index (χ1) is 11.7. The number of benzene rings is 1. The summed E-state index contributed by atoms with van der Waals surface area (Å²) in [6.07, 6.45) is 3.52. The fourth-order valence-corrected chi connectivity index (χ4v) is 3.49. The molecule has 6 nitrogen and oxygen atoms in total. The zero-order valence-corrected chi connectivity index (χ0v) is 14.1. The topological polar surface area (TPSA) is 70.7 Å². The number of rotatable bonds is 5. The molecule has 2 aliphatic rings. The molecule has 1 aromatic carbocycles.